The molecule has 0 radical (unpaired) electrons. The monoisotopic (exact) mass is 255 g/mol. The van der Waals surface area contributed by atoms with E-state index in [4.69, 9.17) is 0 Å². The molecule has 19 heavy (non-hydrogen) atoms. The van der Waals surface area contributed by atoms with Crippen LogP contribution < -0.4 is 5.32 Å². The summed E-state index contributed by atoms with van der Waals surface area (Å²) in [5, 5.41) is 12.8. The van der Waals surface area contributed by atoms with Crippen LogP contribution in [0.25, 0.3) is 0 Å². The van der Waals surface area contributed by atoms with E-state index >= 15 is 0 Å². The molecule has 2 N–H and O–H groups in total. The maximum Gasteiger partial charge on any atom is 0.115 e. The summed E-state index contributed by atoms with van der Waals surface area (Å²) in [4.78, 5) is 0. The Kier molecular flexibility index (Phi) is 4.58. The fourth-order valence-corrected chi connectivity index (χ4v) is 2.19. The smallest absolute Gasteiger partial charge is 0.115 e. The van der Waals surface area contributed by atoms with Gasteiger partial charge in [0, 0.05) is 6.04 Å². The standard InChI is InChI=1S/C17H21NO/c1-13-5-3-4-6-15(13)11-12-18-14(2)16-7-9-17(19)10-8-16/h3-10,14,18-19H,11-12H2,1-2H3. The zero-order chi connectivity index (χ0) is 13.7. The van der Waals surface area contributed by atoms with Crippen LogP contribution in [-0.2, 0) is 6.42 Å². The maximum atomic E-state index is 9.27. The highest BCUT2D eigenvalue weighted by Gasteiger charge is 2.04. The van der Waals surface area contributed by atoms with E-state index in [1.165, 1.54) is 16.7 Å². The summed E-state index contributed by atoms with van der Waals surface area (Å²) < 4.78 is 0. The van der Waals surface area contributed by atoms with Gasteiger partial charge in [-0.15, -0.1) is 0 Å². The first-order valence-electron chi connectivity index (χ1n) is 6.73. The van der Waals surface area contributed by atoms with Crippen molar-refractivity contribution in [2.24, 2.45) is 0 Å². The number of nitrogens with one attached hydrogen (secondary N) is 1. The number of aryl methyl sites for hydroxylation is 1. The molecule has 2 aromatic rings. The highest BCUT2D eigenvalue weighted by Crippen LogP contribution is 2.16. The zero-order valence-corrected chi connectivity index (χ0v) is 11.6. The lowest BCUT2D eigenvalue weighted by molar-refractivity contribution is 0.474. The lowest BCUT2D eigenvalue weighted by Crippen LogP contribution is -2.21. The van der Waals surface area contributed by atoms with Crippen LogP contribution in [0.4, 0.5) is 0 Å². The van der Waals surface area contributed by atoms with E-state index in [-0.39, 0.29) is 0 Å². The van der Waals surface area contributed by atoms with Crippen molar-refractivity contribution in [3.05, 3.63) is 65.2 Å². The molecule has 1 unspecified atom stereocenters. The highest BCUT2D eigenvalue weighted by atomic mass is 16.3. The van der Waals surface area contributed by atoms with Crippen LogP contribution >= 0.6 is 0 Å². The van der Waals surface area contributed by atoms with Gasteiger partial charge in [0.15, 0.2) is 0 Å². The minimum Gasteiger partial charge on any atom is -0.508 e. The quantitative estimate of drug-likeness (QED) is 0.855. The number of hydrogen-bond acceptors (Lipinski definition) is 2. The third-order valence-electron chi connectivity index (χ3n) is 3.50. The summed E-state index contributed by atoms with van der Waals surface area (Å²) in [6, 6.07) is 16.2. The second-order valence-corrected chi connectivity index (χ2v) is 4.94. The van der Waals surface area contributed by atoms with Crippen molar-refractivity contribution in [1.82, 2.24) is 5.32 Å². The molecule has 0 spiro atoms. The summed E-state index contributed by atoms with van der Waals surface area (Å²) in [6.07, 6.45) is 1.04. The minimum atomic E-state index is 0.296. The predicted octanol–water partition coefficient (Wildman–Crippen LogP) is 3.59. The Bertz CT molecular complexity index is 519. The van der Waals surface area contributed by atoms with Gasteiger partial charge in [-0.3, -0.25) is 0 Å². The van der Waals surface area contributed by atoms with Crippen molar-refractivity contribution in [3.63, 3.8) is 0 Å². The van der Waals surface area contributed by atoms with Crippen molar-refractivity contribution >= 4 is 0 Å². The molecule has 2 nitrogen and oxygen atoms in total. The molecular weight excluding hydrogens is 234 g/mol. The first kappa shape index (κ1) is 13.6. The van der Waals surface area contributed by atoms with Gasteiger partial charge in [-0.25, -0.2) is 0 Å². The van der Waals surface area contributed by atoms with Gasteiger partial charge in [-0.05, 0) is 55.6 Å². The molecule has 0 aliphatic carbocycles. The van der Waals surface area contributed by atoms with Gasteiger partial charge in [0.25, 0.3) is 0 Å². The van der Waals surface area contributed by atoms with Crippen molar-refractivity contribution in [2.75, 3.05) is 6.54 Å². The summed E-state index contributed by atoms with van der Waals surface area (Å²) in [5.41, 5.74) is 3.94. The van der Waals surface area contributed by atoms with E-state index in [0.29, 0.717) is 11.8 Å². The minimum absolute atomic E-state index is 0.296. The molecular formula is C17H21NO. The molecule has 0 aliphatic heterocycles. The van der Waals surface area contributed by atoms with E-state index in [0.717, 1.165) is 13.0 Å². The summed E-state index contributed by atoms with van der Waals surface area (Å²) >= 11 is 0. The van der Waals surface area contributed by atoms with Crippen LogP contribution in [0, 0.1) is 6.92 Å². The summed E-state index contributed by atoms with van der Waals surface area (Å²) in [6.45, 7) is 5.25. The molecule has 2 aromatic carbocycles. The largest absolute Gasteiger partial charge is 0.508 e. The highest BCUT2D eigenvalue weighted by molar-refractivity contribution is 5.28. The normalized spacial score (nSPS) is 12.3. The van der Waals surface area contributed by atoms with E-state index < -0.39 is 0 Å². The Morgan fingerprint density at radius 2 is 1.74 bits per heavy atom. The summed E-state index contributed by atoms with van der Waals surface area (Å²) in [7, 11) is 0. The first-order valence-corrected chi connectivity index (χ1v) is 6.73. The fraction of sp³-hybridized carbons (Fsp3) is 0.294. The lowest BCUT2D eigenvalue weighted by atomic mass is 10.0. The number of phenols is 1. The molecule has 0 fully saturated rings. The van der Waals surface area contributed by atoms with Crippen LogP contribution in [0.5, 0.6) is 5.75 Å². The number of benzene rings is 2. The molecule has 0 heterocycles. The van der Waals surface area contributed by atoms with Crippen molar-refractivity contribution in [2.45, 2.75) is 26.3 Å². The van der Waals surface area contributed by atoms with Gasteiger partial charge in [0.2, 0.25) is 0 Å². The summed E-state index contributed by atoms with van der Waals surface area (Å²) in [5.74, 6) is 0.316. The van der Waals surface area contributed by atoms with Crippen LogP contribution in [0.15, 0.2) is 48.5 Å². The van der Waals surface area contributed by atoms with Gasteiger partial charge in [0.05, 0.1) is 0 Å². The molecule has 100 valence electrons. The van der Waals surface area contributed by atoms with Gasteiger partial charge >= 0.3 is 0 Å². The molecule has 0 aromatic heterocycles. The molecule has 0 aliphatic rings. The molecule has 1 atom stereocenters. The molecule has 2 heteroatoms. The fourth-order valence-electron chi connectivity index (χ4n) is 2.19. The van der Waals surface area contributed by atoms with Gasteiger partial charge in [-0.2, -0.15) is 0 Å². The molecule has 0 amide bonds. The van der Waals surface area contributed by atoms with E-state index in [2.05, 4.69) is 43.4 Å². The molecule has 0 bridgehead atoms. The lowest BCUT2D eigenvalue weighted by Gasteiger charge is -2.15. The Balaban J connectivity index is 1.86. The molecule has 0 saturated heterocycles. The number of phenolic OH excluding ortho intramolecular Hbond substituents is 1. The van der Waals surface area contributed by atoms with Gasteiger partial charge < -0.3 is 10.4 Å². The Hall–Kier alpha value is -1.80. The Morgan fingerprint density at radius 3 is 2.42 bits per heavy atom. The topological polar surface area (TPSA) is 32.3 Å². The second kappa shape index (κ2) is 6.39. The average Bonchev–Trinajstić information content (AvgIpc) is 2.41. The maximum absolute atomic E-state index is 9.27. The Labute approximate surface area is 115 Å². The van der Waals surface area contributed by atoms with Crippen LogP contribution in [0.1, 0.15) is 29.7 Å². The second-order valence-electron chi connectivity index (χ2n) is 4.94. The Morgan fingerprint density at radius 1 is 1.05 bits per heavy atom. The zero-order valence-electron chi connectivity index (χ0n) is 11.6. The SMILES string of the molecule is Cc1ccccc1CCNC(C)c1ccc(O)cc1. The van der Waals surface area contributed by atoms with Crippen molar-refractivity contribution in [3.8, 4) is 5.75 Å². The van der Waals surface area contributed by atoms with Crippen molar-refractivity contribution in [1.29, 1.82) is 0 Å². The van der Waals surface area contributed by atoms with E-state index in [9.17, 15) is 5.11 Å². The number of aromatic hydroxyl groups is 1. The first-order chi connectivity index (χ1) is 9.16. The van der Waals surface area contributed by atoms with Crippen LogP contribution in [-0.4, -0.2) is 11.7 Å². The van der Waals surface area contributed by atoms with Gasteiger partial charge in [0.1, 0.15) is 5.75 Å². The third-order valence-corrected chi connectivity index (χ3v) is 3.50. The number of hydrogen-bond donors (Lipinski definition) is 2. The van der Waals surface area contributed by atoms with Crippen molar-refractivity contribution < 1.29 is 5.11 Å². The van der Waals surface area contributed by atoms with Crippen LogP contribution in [0.2, 0.25) is 0 Å². The predicted molar refractivity (Wildman–Crippen MR) is 79.4 cm³/mol. The molecule has 0 saturated carbocycles. The van der Waals surface area contributed by atoms with Gasteiger partial charge in [-0.1, -0.05) is 36.4 Å². The third kappa shape index (κ3) is 3.83. The van der Waals surface area contributed by atoms with E-state index in [1.807, 2.05) is 12.1 Å². The van der Waals surface area contributed by atoms with E-state index in [1.54, 1.807) is 12.1 Å². The van der Waals surface area contributed by atoms with Crippen LogP contribution in [0.3, 0.4) is 0 Å². The number of rotatable bonds is 5. The average molecular weight is 255 g/mol. The molecule has 2 rings (SSSR count).